The second-order valence-electron chi connectivity index (χ2n) is 6.11. The number of pyridine rings is 1. The van der Waals surface area contributed by atoms with Gasteiger partial charge in [-0.05, 0) is 30.3 Å². The predicted octanol–water partition coefficient (Wildman–Crippen LogP) is 0.803. The van der Waals surface area contributed by atoms with E-state index in [4.69, 9.17) is 0 Å². The number of rotatable bonds is 6. The maximum atomic E-state index is 12.2. The first-order valence-corrected chi connectivity index (χ1v) is 9.25. The van der Waals surface area contributed by atoms with E-state index in [-0.39, 0.29) is 11.4 Å². The Labute approximate surface area is 152 Å². The lowest BCUT2D eigenvalue weighted by atomic mass is 10.2. The van der Waals surface area contributed by atoms with Gasteiger partial charge in [0.2, 0.25) is 15.9 Å². The summed E-state index contributed by atoms with van der Waals surface area (Å²) in [5.74, 6) is -0.427. The fraction of sp³-hybridized carbons (Fsp3) is 0.294. The lowest BCUT2D eigenvalue weighted by Crippen LogP contribution is -2.29. The zero-order chi connectivity index (χ0) is 19.5. The van der Waals surface area contributed by atoms with E-state index in [2.05, 4.69) is 5.32 Å². The van der Waals surface area contributed by atoms with E-state index in [9.17, 15) is 18.0 Å². The molecule has 2 rings (SSSR count). The number of anilines is 2. The zero-order valence-corrected chi connectivity index (χ0v) is 15.9. The first kappa shape index (κ1) is 19.7. The van der Waals surface area contributed by atoms with Crippen molar-refractivity contribution >= 4 is 27.3 Å². The number of aromatic nitrogens is 1. The number of amides is 1. The summed E-state index contributed by atoms with van der Waals surface area (Å²) < 4.78 is 26.4. The lowest BCUT2D eigenvalue weighted by Gasteiger charge is -2.14. The minimum absolute atomic E-state index is 0.0507. The summed E-state index contributed by atoms with van der Waals surface area (Å²) in [7, 11) is 2.93. The Morgan fingerprint density at radius 3 is 2.19 bits per heavy atom. The van der Waals surface area contributed by atoms with Crippen molar-refractivity contribution in [1.29, 1.82) is 0 Å². The average Bonchev–Trinajstić information content (AvgIpc) is 2.57. The van der Waals surface area contributed by atoms with E-state index in [1.165, 1.54) is 26.4 Å². The molecule has 0 atom stereocenters. The largest absolute Gasteiger partial charge is 0.378 e. The summed E-state index contributed by atoms with van der Waals surface area (Å²) >= 11 is 0. The number of carbonyl (C=O) groups is 1. The Hall–Kier alpha value is -2.65. The van der Waals surface area contributed by atoms with Crippen LogP contribution in [0.5, 0.6) is 0 Å². The van der Waals surface area contributed by atoms with Gasteiger partial charge in [0.05, 0.1) is 4.90 Å². The molecular formula is C17H22N4O4S. The molecule has 0 bridgehead atoms. The number of hydrogen-bond acceptors (Lipinski definition) is 5. The fourth-order valence-electron chi connectivity index (χ4n) is 2.19. The molecule has 1 amide bonds. The van der Waals surface area contributed by atoms with Crippen molar-refractivity contribution in [2.24, 2.45) is 0 Å². The van der Waals surface area contributed by atoms with Gasteiger partial charge in [-0.3, -0.25) is 9.59 Å². The molecule has 9 heteroatoms. The van der Waals surface area contributed by atoms with Crippen molar-refractivity contribution < 1.29 is 13.2 Å². The van der Waals surface area contributed by atoms with Gasteiger partial charge >= 0.3 is 0 Å². The van der Waals surface area contributed by atoms with Gasteiger partial charge in [0, 0.05) is 51.8 Å². The van der Waals surface area contributed by atoms with Crippen LogP contribution >= 0.6 is 0 Å². The quantitative estimate of drug-likeness (QED) is 0.803. The molecule has 0 radical (unpaired) electrons. The molecule has 0 fully saturated rings. The van der Waals surface area contributed by atoms with E-state index in [0.29, 0.717) is 5.69 Å². The van der Waals surface area contributed by atoms with Crippen LogP contribution in [0.2, 0.25) is 0 Å². The number of hydrogen-bond donors (Lipinski definition) is 1. The summed E-state index contributed by atoms with van der Waals surface area (Å²) in [5, 5.41) is 2.69. The van der Waals surface area contributed by atoms with Crippen molar-refractivity contribution in [3.05, 3.63) is 52.9 Å². The first-order valence-electron chi connectivity index (χ1n) is 7.81. The molecule has 0 aliphatic heterocycles. The highest BCUT2D eigenvalue weighted by molar-refractivity contribution is 7.89. The molecule has 1 aromatic carbocycles. The van der Waals surface area contributed by atoms with Gasteiger partial charge in [-0.15, -0.1) is 0 Å². The van der Waals surface area contributed by atoms with E-state index in [0.717, 1.165) is 20.6 Å². The Morgan fingerprint density at radius 2 is 1.65 bits per heavy atom. The van der Waals surface area contributed by atoms with E-state index < -0.39 is 21.5 Å². The number of nitrogens with zero attached hydrogens (tertiary/aromatic N) is 3. The van der Waals surface area contributed by atoms with Crippen molar-refractivity contribution in [2.75, 3.05) is 38.4 Å². The molecular weight excluding hydrogens is 356 g/mol. The fourth-order valence-corrected chi connectivity index (χ4v) is 3.12. The molecule has 8 nitrogen and oxygen atoms in total. The van der Waals surface area contributed by atoms with Crippen LogP contribution in [0.3, 0.4) is 0 Å². The first-order chi connectivity index (χ1) is 12.1. The second kappa shape index (κ2) is 7.71. The molecule has 1 aromatic heterocycles. The van der Waals surface area contributed by atoms with E-state index in [1.807, 2.05) is 31.1 Å². The number of carbonyl (C=O) groups excluding carboxylic acids is 1. The third-order valence-corrected chi connectivity index (χ3v) is 5.51. The van der Waals surface area contributed by atoms with Crippen LogP contribution in [0, 0.1) is 0 Å². The Balaban J connectivity index is 2.17. The van der Waals surface area contributed by atoms with Crippen LogP contribution in [0.1, 0.15) is 0 Å². The normalized spacial score (nSPS) is 11.4. The smallest absolute Gasteiger partial charge is 0.251 e. The summed E-state index contributed by atoms with van der Waals surface area (Å²) in [6, 6.07) is 9.57. The molecule has 0 aliphatic rings. The molecule has 1 N–H and O–H groups in total. The van der Waals surface area contributed by atoms with Crippen LogP contribution in [0.4, 0.5) is 11.4 Å². The predicted molar refractivity (Wildman–Crippen MR) is 101 cm³/mol. The third-order valence-electron chi connectivity index (χ3n) is 3.72. The highest BCUT2D eigenvalue weighted by atomic mass is 32.2. The molecule has 140 valence electrons. The molecule has 0 saturated carbocycles. The Morgan fingerprint density at radius 1 is 1.04 bits per heavy atom. The number of benzene rings is 1. The van der Waals surface area contributed by atoms with E-state index >= 15 is 0 Å². The summed E-state index contributed by atoms with van der Waals surface area (Å²) in [4.78, 5) is 26.0. The van der Waals surface area contributed by atoms with Gasteiger partial charge in [-0.1, -0.05) is 0 Å². The van der Waals surface area contributed by atoms with Gasteiger partial charge in [-0.2, -0.15) is 0 Å². The van der Waals surface area contributed by atoms with Crippen molar-refractivity contribution in [3.8, 4) is 0 Å². The highest BCUT2D eigenvalue weighted by Crippen LogP contribution is 2.16. The standard InChI is InChI=1S/C17H22N4O4S/c1-19(2)14-7-5-13(6-8-14)18-16(22)12-21-11-15(9-10-17(21)23)26(24,25)20(3)4/h5-11H,12H2,1-4H3,(H,18,22). The van der Waals surface area contributed by atoms with Gasteiger partial charge in [0.1, 0.15) is 6.54 Å². The summed E-state index contributed by atoms with van der Waals surface area (Å²) in [5.41, 5.74) is 1.12. The number of sulfonamides is 1. The molecule has 2 aromatic rings. The van der Waals surface area contributed by atoms with Gasteiger partial charge in [0.25, 0.3) is 5.56 Å². The third kappa shape index (κ3) is 4.50. The molecule has 1 heterocycles. The van der Waals surface area contributed by atoms with Crippen LogP contribution < -0.4 is 15.8 Å². The zero-order valence-electron chi connectivity index (χ0n) is 15.1. The monoisotopic (exact) mass is 378 g/mol. The van der Waals surface area contributed by atoms with Crippen LogP contribution in [-0.2, 0) is 21.4 Å². The lowest BCUT2D eigenvalue weighted by molar-refractivity contribution is -0.116. The topological polar surface area (TPSA) is 91.7 Å². The van der Waals surface area contributed by atoms with Crippen molar-refractivity contribution in [3.63, 3.8) is 0 Å². The molecule has 0 unspecified atom stereocenters. The molecule has 26 heavy (non-hydrogen) atoms. The summed E-state index contributed by atoms with van der Waals surface area (Å²) in [6.45, 7) is -0.287. The minimum Gasteiger partial charge on any atom is -0.378 e. The van der Waals surface area contributed by atoms with Crippen LogP contribution in [-0.4, -0.2) is 51.4 Å². The van der Waals surface area contributed by atoms with Crippen molar-refractivity contribution in [2.45, 2.75) is 11.4 Å². The van der Waals surface area contributed by atoms with Gasteiger partial charge in [-0.25, -0.2) is 12.7 Å². The molecule has 0 saturated heterocycles. The SMILES string of the molecule is CN(C)c1ccc(NC(=O)Cn2cc(S(=O)(=O)N(C)C)ccc2=O)cc1. The Kier molecular flexibility index (Phi) is 5.83. The maximum absolute atomic E-state index is 12.2. The minimum atomic E-state index is -3.69. The van der Waals surface area contributed by atoms with Crippen LogP contribution in [0.25, 0.3) is 0 Å². The van der Waals surface area contributed by atoms with Gasteiger partial charge in [0.15, 0.2) is 0 Å². The highest BCUT2D eigenvalue weighted by Gasteiger charge is 2.18. The summed E-state index contributed by atoms with van der Waals surface area (Å²) in [6.07, 6.45) is 1.17. The van der Waals surface area contributed by atoms with Crippen LogP contribution in [0.15, 0.2) is 52.3 Å². The average molecular weight is 378 g/mol. The second-order valence-corrected chi connectivity index (χ2v) is 8.26. The van der Waals surface area contributed by atoms with E-state index in [1.54, 1.807) is 12.1 Å². The maximum Gasteiger partial charge on any atom is 0.251 e. The molecule has 0 spiro atoms. The molecule has 0 aliphatic carbocycles. The van der Waals surface area contributed by atoms with Gasteiger partial charge < -0.3 is 14.8 Å². The number of nitrogens with one attached hydrogen (secondary N) is 1. The Bertz CT molecular complexity index is 947. The van der Waals surface area contributed by atoms with Crippen molar-refractivity contribution in [1.82, 2.24) is 8.87 Å².